The summed E-state index contributed by atoms with van der Waals surface area (Å²) < 4.78 is 23.8. The molecule has 0 saturated heterocycles. The quantitative estimate of drug-likeness (QED) is 0.378. The molecule has 3 rings (SSSR count). The second kappa shape index (κ2) is 7.21. The maximum Gasteiger partial charge on any atom is 0.261 e. The van der Waals surface area contributed by atoms with Gasteiger partial charge in [-0.2, -0.15) is 0 Å². The standard InChI is InChI=1S/C22H25ClO2S/c1-14(2)11-20-17-7-5-6-8-18(17)21(12-15(3)4)22-13-16(26(23,24)25)9-10-19(20)22/h5-10,13-15H,11-12H2,1-4H3. The second-order valence-electron chi connectivity index (χ2n) is 7.84. The van der Waals surface area contributed by atoms with Gasteiger partial charge in [0.2, 0.25) is 0 Å². The van der Waals surface area contributed by atoms with E-state index in [2.05, 4.69) is 52.0 Å². The normalized spacial score (nSPS) is 12.6. The zero-order valence-electron chi connectivity index (χ0n) is 15.7. The van der Waals surface area contributed by atoms with Crippen LogP contribution in [0.5, 0.6) is 0 Å². The first-order valence-corrected chi connectivity index (χ1v) is 11.4. The largest absolute Gasteiger partial charge is 0.261 e. The molecule has 0 heterocycles. The molecule has 0 aromatic heterocycles. The summed E-state index contributed by atoms with van der Waals surface area (Å²) in [5.41, 5.74) is 2.50. The molecule has 0 unspecified atom stereocenters. The molecule has 2 nitrogen and oxygen atoms in total. The first-order valence-electron chi connectivity index (χ1n) is 9.09. The molecule has 3 aromatic rings. The van der Waals surface area contributed by atoms with E-state index in [9.17, 15) is 8.42 Å². The van der Waals surface area contributed by atoms with E-state index in [4.69, 9.17) is 10.7 Å². The number of benzene rings is 3. The molecule has 0 fully saturated rings. The fourth-order valence-electron chi connectivity index (χ4n) is 3.74. The van der Waals surface area contributed by atoms with Crippen molar-refractivity contribution >= 4 is 41.3 Å². The van der Waals surface area contributed by atoms with Crippen LogP contribution in [0.25, 0.3) is 21.5 Å². The van der Waals surface area contributed by atoms with Gasteiger partial charge in [-0.3, -0.25) is 0 Å². The van der Waals surface area contributed by atoms with Crippen molar-refractivity contribution in [1.82, 2.24) is 0 Å². The fraction of sp³-hybridized carbons (Fsp3) is 0.364. The molecule has 0 saturated carbocycles. The third-order valence-corrected chi connectivity index (χ3v) is 6.08. The lowest BCUT2D eigenvalue weighted by atomic mass is 9.85. The highest BCUT2D eigenvalue weighted by atomic mass is 35.7. The van der Waals surface area contributed by atoms with E-state index < -0.39 is 9.05 Å². The van der Waals surface area contributed by atoms with Crippen molar-refractivity contribution in [3.63, 3.8) is 0 Å². The molecule has 4 heteroatoms. The highest BCUT2D eigenvalue weighted by molar-refractivity contribution is 8.13. The Morgan fingerprint density at radius 2 is 1.23 bits per heavy atom. The maximum atomic E-state index is 11.9. The predicted octanol–water partition coefficient (Wildman–Crippen LogP) is 6.32. The van der Waals surface area contributed by atoms with Gasteiger partial charge < -0.3 is 0 Å². The van der Waals surface area contributed by atoms with Crippen LogP contribution < -0.4 is 0 Å². The summed E-state index contributed by atoms with van der Waals surface area (Å²) in [6.07, 6.45) is 1.84. The third-order valence-electron chi connectivity index (χ3n) is 4.72. The monoisotopic (exact) mass is 388 g/mol. The van der Waals surface area contributed by atoms with Crippen molar-refractivity contribution < 1.29 is 8.42 Å². The predicted molar refractivity (Wildman–Crippen MR) is 112 cm³/mol. The van der Waals surface area contributed by atoms with Gasteiger partial charge in [-0.15, -0.1) is 0 Å². The maximum absolute atomic E-state index is 11.9. The lowest BCUT2D eigenvalue weighted by Crippen LogP contribution is -2.03. The van der Waals surface area contributed by atoms with Crippen LogP contribution in [0.3, 0.4) is 0 Å². The Kier molecular flexibility index (Phi) is 5.32. The Hall–Kier alpha value is -1.58. The molecule has 0 atom stereocenters. The molecule has 0 N–H and O–H groups in total. The molecule has 0 aliphatic carbocycles. The van der Waals surface area contributed by atoms with Gasteiger partial charge in [-0.25, -0.2) is 8.42 Å². The topological polar surface area (TPSA) is 34.1 Å². The molecule has 0 spiro atoms. The minimum absolute atomic E-state index is 0.169. The summed E-state index contributed by atoms with van der Waals surface area (Å²) in [4.78, 5) is 0.169. The van der Waals surface area contributed by atoms with E-state index in [1.807, 2.05) is 6.07 Å². The molecule has 138 valence electrons. The molecule has 0 amide bonds. The van der Waals surface area contributed by atoms with Crippen molar-refractivity contribution in [2.24, 2.45) is 11.8 Å². The van der Waals surface area contributed by atoms with E-state index in [1.54, 1.807) is 12.1 Å². The summed E-state index contributed by atoms with van der Waals surface area (Å²) in [5.74, 6) is 0.975. The van der Waals surface area contributed by atoms with Crippen LogP contribution in [0.2, 0.25) is 0 Å². The van der Waals surface area contributed by atoms with Gasteiger partial charge in [0.1, 0.15) is 0 Å². The van der Waals surface area contributed by atoms with Crippen molar-refractivity contribution in [3.8, 4) is 0 Å². The Morgan fingerprint density at radius 1 is 0.769 bits per heavy atom. The zero-order valence-corrected chi connectivity index (χ0v) is 17.3. The van der Waals surface area contributed by atoms with E-state index in [0.29, 0.717) is 11.8 Å². The van der Waals surface area contributed by atoms with Crippen LogP contribution in [0.1, 0.15) is 38.8 Å². The summed E-state index contributed by atoms with van der Waals surface area (Å²) in [6.45, 7) is 8.79. The number of fused-ring (bicyclic) bond motifs is 2. The molecule has 0 bridgehead atoms. The average molecular weight is 389 g/mol. The van der Waals surface area contributed by atoms with E-state index in [-0.39, 0.29) is 4.90 Å². The minimum atomic E-state index is -3.76. The van der Waals surface area contributed by atoms with Crippen molar-refractivity contribution in [3.05, 3.63) is 53.6 Å². The highest BCUT2D eigenvalue weighted by Crippen LogP contribution is 2.37. The summed E-state index contributed by atoms with van der Waals surface area (Å²) in [5, 5.41) is 4.63. The van der Waals surface area contributed by atoms with Gasteiger partial charge in [0.15, 0.2) is 0 Å². The third kappa shape index (κ3) is 3.74. The summed E-state index contributed by atoms with van der Waals surface area (Å²) in [7, 11) is 1.88. The molecule has 0 aliphatic rings. The van der Waals surface area contributed by atoms with E-state index in [0.717, 1.165) is 23.6 Å². The van der Waals surface area contributed by atoms with Gasteiger partial charge >= 0.3 is 0 Å². The van der Waals surface area contributed by atoms with Crippen LogP contribution in [0.15, 0.2) is 47.4 Å². The first kappa shape index (κ1) is 19.2. The molecule has 0 radical (unpaired) electrons. The Labute approximate surface area is 160 Å². The van der Waals surface area contributed by atoms with Crippen LogP contribution in [-0.2, 0) is 21.9 Å². The smallest absolute Gasteiger partial charge is 0.207 e. The van der Waals surface area contributed by atoms with Gasteiger partial charge in [-0.05, 0) is 69.5 Å². The van der Waals surface area contributed by atoms with Crippen molar-refractivity contribution in [2.45, 2.75) is 45.4 Å². The summed E-state index contributed by atoms with van der Waals surface area (Å²) >= 11 is 0. The van der Waals surface area contributed by atoms with Crippen molar-refractivity contribution in [2.75, 3.05) is 0 Å². The number of halogens is 1. The Bertz CT molecular complexity index is 1070. The lowest BCUT2D eigenvalue weighted by Gasteiger charge is -2.19. The van der Waals surface area contributed by atoms with Gasteiger partial charge in [-0.1, -0.05) is 58.0 Å². The van der Waals surface area contributed by atoms with Gasteiger partial charge in [0.05, 0.1) is 4.90 Å². The minimum Gasteiger partial charge on any atom is -0.207 e. The van der Waals surface area contributed by atoms with Crippen molar-refractivity contribution in [1.29, 1.82) is 0 Å². The SMILES string of the molecule is CC(C)Cc1c2ccccc2c(CC(C)C)c2cc(S(=O)(=O)Cl)ccc12. The summed E-state index contributed by atoms with van der Waals surface area (Å²) in [6, 6.07) is 13.8. The Balaban J connectivity index is 2.49. The van der Waals surface area contributed by atoms with Crippen LogP contribution in [-0.4, -0.2) is 8.42 Å². The van der Waals surface area contributed by atoms with E-state index in [1.165, 1.54) is 21.9 Å². The highest BCUT2D eigenvalue weighted by Gasteiger charge is 2.18. The zero-order chi connectivity index (χ0) is 19.1. The molecule has 26 heavy (non-hydrogen) atoms. The fourth-order valence-corrected chi connectivity index (χ4v) is 4.52. The van der Waals surface area contributed by atoms with Crippen LogP contribution >= 0.6 is 10.7 Å². The van der Waals surface area contributed by atoms with E-state index >= 15 is 0 Å². The van der Waals surface area contributed by atoms with Crippen LogP contribution in [0.4, 0.5) is 0 Å². The van der Waals surface area contributed by atoms with Gasteiger partial charge in [0.25, 0.3) is 9.05 Å². The molecule has 0 aliphatic heterocycles. The van der Waals surface area contributed by atoms with Crippen LogP contribution in [0, 0.1) is 11.8 Å². The molecule has 3 aromatic carbocycles. The first-order chi connectivity index (χ1) is 12.2. The number of hydrogen-bond acceptors (Lipinski definition) is 2. The number of rotatable bonds is 5. The molecular formula is C22H25ClO2S. The lowest BCUT2D eigenvalue weighted by molar-refractivity contribution is 0.609. The Morgan fingerprint density at radius 3 is 1.69 bits per heavy atom. The second-order valence-corrected chi connectivity index (χ2v) is 10.4. The molecular weight excluding hydrogens is 364 g/mol. The average Bonchev–Trinajstić information content (AvgIpc) is 2.56. The van der Waals surface area contributed by atoms with Gasteiger partial charge in [0, 0.05) is 10.7 Å². The number of hydrogen-bond donors (Lipinski definition) is 0.